The van der Waals surface area contributed by atoms with Crippen LogP contribution in [0.5, 0.6) is 0 Å². The van der Waals surface area contributed by atoms with Crippen LogP contribution in [0.1, 0.15) is 50.8 Å². The van der Waals surface area contributed by atoms with Gasteiger partial charge in [-0.15, -0.1) is 12.8 Å². The van der Waals surface area contributed by atoms with Gasteiger partial charge in [0.2, 0.25) is 0 Å². The Bertz CT molecular complexity index is 1500. The van der Waals surface area contributed by atoms with Crippen LogP contribution in [0.15, 0.2) is 120 Å². The van der Waals surface area contributed by atoms with E-state index in [9.17, 15) is 0 Å². The molecule has 0 fully saturated rings. The first kappa shape index (κ1) is 27.7. The van der Waals surface area contributed by atoms with Crippen LogP contribution in [0.3, 0.4) is 0 Å². The lowest BCUT2D eigenvalue weighted by atomic mass is 9.68. The number of terminal acetylenes is 1. The maximum Gasteiger partial charge on any atom is 0.0490 e. The third-order valence-corrected chi connectivity index (χ3v) is 7.72. The highest BCUT2D eigenvalue weighted by Crippen LogP contribution is 2.45. The van der Waals surface area contributed by atoms with Crippen LogP contribution >= 0.6 is 0 Å². The average Bonchev–Trinajstić information content (AvgIpc) is 2.96. The molecule has 0 amide bonds. The van der Waals surface area contributed by atoms with Gasteiger partial charge in [-0.3, -0.25) is 0 Å². The third kappa shape index (κ3) is 5.62. The molecule has 4 aromatic rings. The Hall–Kier alpha value is -4.28. The van der Waals surface area contributed by atoms with E-state index in [0.29, 0.717) is 0 Å². The minimum atomic E-state index is -0.0477. The van der Waals surface area contributed by atoms with E-state index < -0.39 is 0 Å². The number of allylic oxidation sites excluding steroid dienone is 4. The van der Waals surface area contributed by atoms with Gasteiger partial charge in [-0.1, -0.05) is 105 Å². The number of benzene rings is 4. The SMILES string of the molecule is C#C.CC/C=C\C1=C(C)Cc2ccc(N(c3ccc(-c4ccccc4)cc3)c3ccccc3C)cc2C1(C)C. The Morgan fingerprint density at radius 1 is 0.769 bits per heavy atom. The summed E-state index contributed by atoms with van der Waals surface area (Å²) in [7, 11) is 0. The Balaban J connectivity index is 0.00000172. The highest BCUT2D eigenvalue weighted by Gasteiger charge is 2.32. The number of nitrogens with zero attached hydrogens (tertiary/aromatic N) is 1. The van der Waals surface area contributed by atoms with Gasteiger partial charge in [0, 0.05) is 22.5 Å². The molecule has 0 atom stereocenters. The van der Waals surface area contributed by atoms with Crippen LogP contribution in [0.25, 0.3) is 11.1 Å². The number of fused-ring (bicyclic) bond motifs is 1. The minimum absolute atomic E-state index is 0.0477. The predicted molar refractivity (Wildman–Crippen MR) is 170 cm³/mol. The van der Waals surface area contributed by atoms with Gasteiger partial charge < -0.3 is 4.90 Å². The summed E-state index contributed by atoms with van der Waals surface area (Å²) in [6.07, 6.45) is 14.7. The monoisotopic (exact) mass is 509 g/mol. The third-order valence-electron chi connectivity index (χ3n) is 7.72. The minimum Gasteiger partial charge on any atom is -0.310 e. The first-order valence-electron chi connectivity index (χ1n) is 13.7. The largest absolute Gasteiger partial charge is 0.310 e. The molecule has 1 aliphatic carbocycles. The van der Waals surface area contributed by atoms with E-state index in [4.69, 9.17) is 0 Å². The van der Waals surface area contributed by atoms with E-state index in [1.54, 1.807) is 0 Å². The molecule has 0 N–H and O–H groups in total. The molecule has 0 saturated carbocycles. The zero-order valence-corrected chi connectivity index (χ0v) is 23.9. The summed E-state index contributed by atoms with van der Waals surface area (Å²) in [4.78, 5) is 2.41. The summed E-state index contributed by atoms with van der Waals surface area (Å²) < 4.78 is 0. The van der Waals surface area contributed by atoms with Gasteiger partial charge in [0.25, 0.3) is 0 Å². The van der Waals surface area contributed by atoms with Gasteiger partial charge in [0.15, 0.2) is 0 Å². The normalized spacial score (nSPS) is 13.9. The van der Waals surface area contributed by atoms with Crippen molar-refractivity contribution in [1.82, 2.24) is 0 Å². The van der Waals surface area contributed by atoms with Crippen molar-refractivity contribution in [2.24, 2.45) is 0 Å². The zero-order valence-electron chi connectivity index (χ0n) is 23.9. The molecule has 0 radical (unpaired) electrons. The molecule has 5 rings (SSSR count). The maximum atomic E-state index is 4.00. The Kier molecular flexibility index (Phi) is 8.58. The summed E-state index contributed by atoms with van der Waals surface area (Å²) in [6, 6.07) is 35.3. The first-order valence-corrected chi connectivity index (χ1v) is 13.7. The number of hydrogen-bond acceptors (Lipinski definition) is 1. The van der Waals surface area contributed by atoms with E-state index in [-0.39, 0.29) is 5.41 Å². The summed E-state index contributed by atoms with van der Waals surface area (Å²) in [5.41, 5.74) is 13.0. The number of hydrogen-bond donors (Lipinski definition) is 0. The fraction of sp³-hybridized carbons (Fsp3) is 0.211. The van der Waals surface area contributed by atoms with Crippen molar-refractivity contribution in [3.8, 4) is 24.0 Å². The van der Waals surface area contributed by atoms with Crippen LogP contribution in [0, 0.1) is 19.8 Å². The Labute approximate surface area is 235 Å². The Morgan fingerprint density at radius 2 is 1.38 bits per heavy atom. The molecular weight excluding hydrogens is 470 g/mol. The molecular formula is C38H39N. The average molecular weight is 510 g/mol. The molecule has 0 aromatic heterocycles. The second-order valence-electron chi connectivity index (χ2n) is 10.7. The highest BCUT2D eigenvalue weighted by molar-refractivity contribution is 5.80. The van der Waals surface area contributed by atoms with Crippen molar-refractivity contribution in [2.45, 2.75) is 52.9 Å². The van der Waals surface area contributed by atoms with Gasteiger partial charge in [0.05, 0.1) is 0 Å². The number of para-hydroxylation sites is 1. The van der Waals surface area contributed by atoms with Crippen molar-refractivity contribution >= 4 is 17.1 Å². The van der Waals surface area contributed by atoms with Crippen molar-refractivity contribution in [3.05, 3.63) is 137 Å². The van der Waals surface area contributed by atoms with E-state index >= 15 is 0 Å². The molecule has 1 heteroatoms. The fourth-order valence-electron chi connectivity index (χ4n) is 5.76. The summed E-state index contributed by atoms with van der Waals surface area (Å²) in [6.45, 7) is 11.4. The summed E-state index contributed by atoms with van der Waals surface area (Å²) in [5, 5.41) is 0. The van der Waals surface area contributed by atoms with E-state index in [0.717, 1.165) is 12.8 Å². The number of rotatable bonds is 6. The van der Waals surface area contributed by atoms with Crippen LogP contribution in [-0.2, 0) is 11.8 Å². The number of aryl methyl sites for hydroxylation is 1. The molecule has 0 aliphatic heterocycles. The summed E-state index contributed by atoms with van der Waals surface area (Å²) in [5.74, 6) is 0. The fourth-order valence-corrected chi connectivity index (χ4v) is 5.76. The van der Waals surface area contributed by atoms with Crippen LogP contribution in [-0.4, -0.2) is 0 Å². The molecule has 1 nitrogen and oxygen atoms in total. The molecule has 0 bridgehead atoms. The second kappa shape index (κ2) is 12.1. The van der Waals surface area contributed by atoms with E-state index in [2.05, 4.69) is 162 Å². The van der Waals surface area contributed by atoms with Crippen molar-refractivity contribution in [1.29, 1.82) is 0 Å². The molecule has 0 heterocycles. The topological polar surface area (TPSA) is 3.24 Å². The van der Waals surface area contributed by atoms with E-state index in [1.807, 2.05) is 0 Å². The lowest BCUT2D eigenvalue weighted by Gasteiger charge is -2.37. The van der Waals surface area contributed by atoms with Crippen molar-refractivity contribution in [2.75, 3.05) is 4.90 Å². The highest BCUT2D eigenvalue weighted by atomic mass is 15.1. The van der Waals surface area contributed by atoms with Crippen molar-refractivity contribution in [3.63, 3.8) is 0 Å². The first-order chi connectivity index (χ1) is 18.9. The van der Waals surface area contributed by atoms with Crippen LogP contribution < -0.4 is 4.90 Å². The van der Waals surface area contributed by atoms with Crippen LogP contribution in [0.2, 0.25) is 0 Å². The van der Waals surface area contributed by atoms with Gasteiger partial charge in [0.1, 0.15) is 0 Å². The van der Waals surface area contributed by atoms with Crippen LogP contribution in [0.4, 0.5) is 17.1 Å². The lowest BCUT2D eigenvalue weighted by Crippen LogP contribution is -2.27. The molecule has 1 aliphatic rings. The standard InChI is InChI=1S/C36H37N.C2H2/c1-6-7-16-33-27(3)24-30-20-23-32(25-34(30)36(33,4)5)37(35-17-12-11-13-26(35)2)31-21-18-29(19-22-31)28-14-9-8-10-15-28;1-2/h7-23,25H,6,24H2,1-5H3;1-2H/b16-7-;. The lowest BCUT2D eigenvalue weighted by molar-refractivity contribution is 0.606. The quantitative estimate of drug-likeness (QED) is 0.234. The molecule has 196 valence electrons. The van der Waals surface area contributed by atoms with Gasteiger partial charge in [-0.2, -0.15) is 0 Å². The Morgan fingerprint density at radius 3 is 2.05 bits per heavy atom. The summed E-state index contributed by atoms with van der Waals surface area (Å²) >= 11 is 0. The molecule has 39 heavy (non-hydrogen) atoms. The second-order valence-corrected chi connectivity index (χ2v) is 10.7. The predicted octanol–water partition coefficient (Wildman–Crippen LogP) is 10.5. The van der Waals surface area contributed by atoms with E-state index in [1.165, 1.54) is 56.0 Å². The van der Waals surface area contributed by atoms with Crippen molar-refractivity contribution < 1.29 is 0 Å². The zero-order chi connectivity index (χ0) is 28.0. The van der Waals surface area contributed by atoms with Gasteiger partial charge >= 0.3 is 0 Å². The molecule has 0 spiro atoms. The smallest absolute Gasteiger partial charge is 0.0490 e. The maximum absolute atomic E-state index is 4.00. The van der Waals surface area contributed by atoms with Gasteiger partial charge in [-0.05, 0) is 90.4 Å². The number of anilines is 3. The molecule has 4 aromatic carbocycles. The molecule has 0 saturated heterocycles. The molecule has 0 unspecified atom stereocenters. The van der Waals surface area contributed by atoms with Gasteiger partial charge in [-0.25, -0.2) is 0 Å².